The largest absolute Gasteiger partial charge is 0.393 e. The molecule has 1 fully saturated rings. The van der Waals surface area contributed by atoms with Gasteiger partial charge in [-0.2, -0.15) is 0 Å². The molecule has 1 aliphatic carbocycles. The number of aliphatic hydroxyl groups is 1. The molecule has 4 nitrogen and oxygen atoms in total. The highest BCUT2D eigenvalue weighted by atomic mass is 16.3. The van der Waals surface area contributed by atoms with Gasteiger partial charge in [0.25, 0.3) is 5.91 Å². The fourth-order valence-corrected chi connectivity index (χ4v) is 1.98. The Morgan fingerprint density at radius 1 is 1.31 bits per heavy atom. The van der Waals surface area contributed by atoms with Crippen molar-refractivity contribution in [2.24, 2.45) is 0 Å². The van der Waals surface area contributed by atoms with Crippen LogP contribution in [0.1, 0.15) is 36.2 Å². The second kappa shape index (κ2) is 5.07. The van der Waals surface area contributed by atoms with Gasteiger partial charge in [0.15, 0.2) is 0 Å². The predicted octanol–water partition coefficient (Wildman–Crippen LogP) is 1.11. The van der Waals surface area contributed by atoms with Crippen molar-refractivity contribution in [1.82, 2.24) is 10.3 Å². The normalized spacial score (nSPS) is 25.1. The smallest absolute Gasteiger partial charge is 0.270 e. The molecule has 4 heteroatoms. The summed E-state index contributed by atoms with van der Waals surface area (Å²) < 4.78 is 0. The van der Waals surface area contributed by atoms with Crippen LogP contribution < -0.4 is 5.32 Å². The molecule has 0 spiro atoms. The highest BCUT2D eigenvalue weighted by Crippen LogP contribution is 2.18. The van der Waals surface area contributed by atoms with Crippen LogP contribution in [-0.2, 0) is 0 Å². The predicted molar refractivity (Wildman–Crippen MR) is 60.0 cm³/mol. The van der Waals surface area contributed by atoms with E-state index in [9.17, 15) is 9.90 Å². The number of carbonyl (C=O) groups is 1. The number of rotatable bonds is 2. The lowest BCUT2D eigenvalue weighted by atomic mass is 9.93. The summed E-state index contributed by atoms with van der Waals surface area (Å²) in [6.07, 6.45) is 4.65. The summed E-state index contributed by atoms with van der Waals surface area (Å²) in [6, 6.07) is 5.46. The average molecular weight is 220 g/mol. The van der Waals surface area contributed by atoms with Crippen molar-refractivity contribution in [1.29, 1.82) is 0 Å². The van der Waals surface area contributed by atoms with Gasteiger partial charge in [0.05, 0.1) is 6.10 Å². The SMILES string of the molecule is O=C(NC1CCC(O)CC1)c1ccccn1. The van der Waals surface area contributed by atoms with Gasteiger partial charge in [-0.15, -0.1) is 0 Å². The molecule has 1 aromatic heterocycles. The molecule has 1 aliphatic rings. The Morgan fingerprint density at radius 2 is 2.06 bits per heavy atom. The van der Waals surface area contributed by atoms with Gasteiger partial charge in [0, 0.05) is 12.2 Å². The molecule has 0 aromatic carbocycles. The van der Waals surface area contributed by atoms with Gasteiger partial charge in [0.2, 0.25) is 0 Å². The molecule has 1 amide bonds. The molecular formula is C12H16N2O2. The number of carbonyl (C=O) groups excluding carboxylic acids is 1. The fraction of sp³-hybridized carbons (Fsp3) is 0.500. The summed E-state index contributed by atoms with van der Waals surface area (Å²) >= 11 is 0. The van der Waals surface area contributed by atoms with E-state index in [0.29, 0.717) is 5.69 Å². The monoisotopic (exact) mass is 220 g/mol. The standard InChI is InChI=1S/C12H16N2O2/c15-10-6-4-9(5-7-10)14-12(16)11-3-1-2-8-13-11/h1-3,8-10,15H,4-7H2,(H,14,16). The zero-order valence-corrected chi connectivity index (χ0v) is 9.10. The van der Waals surface area contributed by atoms with Crippen LogP contribution >= 0.6 is 0 Å². The molecule has 0 aliphatic heterocycles. The van der Waals surface area contributed by atoms with Gasteiger partial charge in [-0.05, 0) is 37.8 Å². The number of aliphatic hydroxyl groups excluding tert-OH is 1. The summed E-state index contributed by atoms with van der Waals surface area (Å²) in [7, 11) is 0. The maximum Gasteiger partial charge on any atom is 0.270 e. The summed E-state index contributed by atoms with van der Waals surface area (Å²) in [5.74, 6) is -0.123. The maximum atomic E-state index is 11.8. The second-order valence-corrected chi connectivity index (χ2v) is 4.19. The van der Waals surface area contributed by atoms with E-state index >= 15 is 0 Å². The minimum Gasteiger partial charge on any atom is -0.393 e. The van der Waals surface area contributed by atoms with Crippen LogP contribution in [0.4, 0.5) is 0 Å². The Balaban J connectivity index is 1.88. The van der Waals surface area contributed by atoms with Crippen LogP contribution in [0.15, 0.2) is 24.4 Å². The van der Waals surface area contributed by atoms with Crippen LogP contribution in [0.25, 0.3) is 0 Å². The van der Waals surface area contributed by atoms with Crippen molar-refractivity contribution in [3.8, 4) is 0 Å². The second-order valence-electron chi connectivity index (χ2n) is 4.19. The van der Waals surface area contributed by atoms with Crippen molar-refractivity contribution in [3.05, 3.63) is 30.1 Å². The number of aromatic nitrogens is 1. The lowest BCUT2D eigenvalue weighted by Gasteiger charge is -2.25. The fourth-order valence-electron chi connectivity index (χ4n) is 1.98. The van der Waals surface area contributed by atoms with E-state index in [0.717, 1.165) is 25.7 Å². The van der Waals surface area contributed by atoms with Crippen molar-refractivity contribution >= 4 is 5.91 Å². The molecular weight excluding hydrogens is 204 g/mol. The molecule has 0 unspecified atom stereocenters. The third kappa shape index (κ3) is 2.79. The Bertz CT molecular complexity index is 345. The zero-order valence-electron chi connectivity index (χ0n) is 9.10. The molecule has 1 heterocycles. The Hall–Kier alpha value is -1.42. The van der Waals surface area contributed by atoms with Gasteiger partial charge in [-0.3, -0.25) is 9.78 Å². The van der Waals surface area contributed by atoms with Gasteiger partial charge in [-0.1, -0.05) is 6.07 Å². The van der Waals surface area contributed by atoms with E-state index < -0.39 is 0 Å². The van der Waals surface area contributed by atoms with E-state index in [1.165, 1.54) is 0 Å². The van der Waals surface area contributed by atoms with E-state index in [4.69, 9.17) is 0 Å². The number of nitrogens with zero attached hydrogens (tertiary/aromatic N) is 1. The number of hydrogen-bond donors (Lipinski definition) is 2. The lowest BCUT2D eigenvalue weighted by Crippen LogP contribution is -2.38. The average Bonchev–Trinajstić information content (AvgIpc) is 2.33. The van der Waals surface area contributed by atoms with E-state index in [2.05, 4.69) is 10.3 Å². The molecule has 0 saturated heterocycles. The lowest BCUT2D eigenvalue weighted by molar-refractivity contribution is 0.0863. The maximum absolute atomic E-state index is 11.8. The third-order valence-corrected chi connectivity index (χ3v) is 2.93. The van der Waals surface area contributed by atoms with Crippen LogP contribution in [0.5, 0.6) is 0 Å². The number of pyridine rings is 1. The van der Waals surface area contributed by atoms with E-state index in [-0.39, 0.29) is 18.1 Å². The molecule has 86 valence electrons. The highest BCUT2D eigenvalue weighted by Gasteiger charge is 2.21. The van der Waals surface area contributed by atoms with Gasteiger partial charge >= 0.3 is 0 Å². The van der Waals surface area contributed by atoms with Crippen molar-refractivity contribution < 1.29 is 9.90 Å². The third-order valence-electron chi connectivity index (χ3n) is 2.93. The first kappa shape index (κ1) is 11.1. The molecule has 2 rings (SSSR count). The minimum absolute atomic E-state index is 0.123. The summed E-state index contributed by atoms with van der Waals surface area (Å²) in [4.78, 5) is 15.8. The minimum atomic E-state index is -0.192. The topological polar surface area (TPSA) is 62.2 Å². The first-order valence-electron chi connectivity index (χ1n) is 5.65. The Morgan fingerprint density at radius 3 is 2.69 bits per heavy atom. The van der Waals surface area contributed by atoms with Crippen LogP contribution in [0.2, 0.25) is 0 Å². The Labute approximate surface area is 94.7 Å². The van der Waals surface area contributed by atoms with E-state index in [1.54, 1.807) is 24.4 Å². The van der Waals surface area contributed by atoms with Crippen LogP contribution in [0.3, 0.4) is 0 Å². The highest BCUT2D eigenvalue weighted by molar-refractivity contribution is 5.92. The van der Waals surface area contributed by atoms with Crippen LogP contribution in [-0.4, -0.2) is 28.1 Å². The molecule has 2 N–H and O–H groups in total. The summed E-state index contributed by atoms with van der Waals surface area (Å²) in [6.45, 7) is 0. The quantitative estimate of drug-likeness (QED) is 0.785. The molecule has 16 heavy (non-hydrogen) atoms. The number of hydrogen-bond acceptors (Lipinski definition) is 3. The molecule has 0 atom stereocenters. The number of amides is 1. The zero-order chi connectivity index (χ0) is 11.4. The van der Waals surface area contributed by atoms with Gasteiger partial charge in [0.1, 0.15) is 5.69 Å². The first-order valence-corrected chi connectivity index (χ1v) is 5.65. The Kier molecular flexibility index (Phi) is 3.51. The van der Waals surface area contributed by atoms with E-state index in [1.807, 2.05) is 0 Å². The number of nitrogens with one attached hydrogen (secondary N) is 1. The molecule has 0 bridgehead atoms. The molecule has 1 saturated carbocycles. The van der Waals surface area contributed by atoms with Gasteiger partial charge in [-0.25, -0.2) is 0 Å². The molecule has 1 aromatic rings. The summed E-state index contributed by atoms with van der Waals surface area (Å²) in [5, 5.41) is 12.3. The van der Waals surface area contributed by atoms with Crippen molar-refractivity contribution in [3.63, 3.8) is 0 Å². The van der Waals surface area contributed by atoms with Crippen LogP contribution in [0, 0.1) is 0 Å². The van der Waals surface area contributed by atoms with Crippen molar-refractivity contribution in [2.75, 3.05) is 0 Å². The summed E-state index contributed by atoms with van der Waals surface area (Å²) in [5.41, 5.74) is 0.452. The van der Waals surface area contributed by atoms with Crippen molar-refractivity contribution in [2.45, 2.75) is 37.8 Å². The first-order chi connectivity index (χ1) is 7.75. The molecule has 0 radical (unpaired) electrons. The van der Waals surface area contributed by atoms with Gasteiger partial charge < -0.3 is 10.4 Å².